The van der Waals surface area contributed by atoms with Gasteiger partial charge in [-0.05, 0) is 46.7 Å². The van der Waals surface area contributed by atoms with E-state index >= 15 is 0 Å². The van der Waals surface area contributed by atoms with Crippen molar-refractivity contribution >= 4 is 0 Å². The van der Waals surface area contributed by atoms with E-state index in [1.165, 1.54) is 38.5 Å². The van der Waals surface area contributed by atoms with Crippen LogP contribution in [0.1, 0.15) is 86.0 Å². The van der Waals surface area contributed by atoms with Crippen LogP contribution in [0, 0.1) is 5.92 Å². The number of unbranched alkanes of at least 4 members (excludes halogenated alkanes) is 5. The molecule has 0 heterocycles. The molecule has 0 rings (SSSR count). The van der Waals surface area contributed by atoms with Gasteiger partial charge in [0, 0.05) is 25.7 Å². The predicted octanol–water partition coefficient (Wildman–Crippen LogP) is 5.12. The van der Waals surface area contributed by atoms with E-state index in [1.54, 1.807) is 0 Å². The monoisotopic (exact) mass is 345 g/mol. The molecule has 1 unspecified atom stereocenters. The number of hydrogen-bond donors (Lipinski definition) is 1. The maximum atomic E-state index is 6.03. The fraction of sp³-hybridized carbons (Fsp3) is 1.00. The summed E-state index contributed by atoms with van der Waals surface area (Å²) in [4.78, 5) is 0. The summed E-state index contributed by atoms with van der Waals surface area (Å²) in [5.74, 6) is -0.612. The summed E-state index contributed by atoms with van der Waals surface area (Å²) in [6.07, 6.45) is 9.96. The van der Waals surface area contributed by atoms with Crippen molar-refractivity contribution in [2.75, 3.05) is 32.9 Å². The standard InChI is InChI=1S/C20H43NO3/c1-6-11-12-13-14-15-16-19(17-18-21-7-2)20(22-8-3,23-9-4)24-10-5/h19,21H,6-18H2,1-5H3. The first kappa shape index (κ1) is 23.8. The summed E-state index contributed by atoms with van der Waals surface area (Å²) < 4.78 is 18.1. The van der Waals surface area contributed by atoms with Crippen molar-refractivity contribution in [3.8, 4) is 0 Å². The Morgan fingerprint density at radius 3 is 1.75 bits per heavy atom. The minimum Gasteiger partial charge on any atom is -0.328 e. The van der Waals surface area contributed by atoms with E-state index in [1.807, 2.05) is 20.8 Å². The van der Waals surface area contributed by atoms with E-state index in [0.717, 1.165) is 25.9 Å². The molecule has 0 saturated carbocycles. The van der Waals surface area contributed by atoms with Gasteiger partial charge in [0.1, 0.15) is 0 Å². The highest BCUT2D eigenvalue weighted by molar-refractivity contribution is 4.74. The molecule has 0 bridgehead atoms. The van der Waals surface area contributed by atoms with Gasteiger partial charge in [-0.1, -0.05) is 52.4 Å². The average molecular weight is 346 g/mol. The summed E-state index contributed by atoms with van der Waals surface area (Å²) in [7, 11) is 0. The van der Waals surface area contributed by atoms with E-state index in [2.05, 4.69) is 19.2 Å². The van der Waals surface area contributed by atoms with Crippen LogP contribution in [-0.4, -0.2) is 38.9 Å². The van der Waals surface area contributed by atoms with Crippen LogP contribution in [0.4, 0.5) is 0 Å². The third kappa shape index (κ3) is 9.97. The zero-order valence-corrected chi connectivity index (χ0v) is 17.0. The molecule has 0 aliphatic rings. The molecule has 4 nitrogen and oxygen atoms in total. The van der Waals surface area contributed by atoms with Gasteiger partial charge < -0.3 is 19.5 Å². The second kappa shape index (κ2) is 16.3. The largest absolute Gasteiger partial charge is 0.328 e. The van der Waals surface area contributed by atoms with E-state index in [0.29, 0.717) is 19.8 Å². The Morgan fingerprint density at radius 1 is 0.708 bits per heavy atom. The number of rotatable bonds is 18. The Labute approximate surface area is 151 Å². The van der Waals surface area contributed by atoms with Gasteiger partial charge in [0.2, 0.25) is 0 Å². The Balaban J connectivity index is 4.74. The van der Waals surface area contributed by atoms with Gasteiger partial charge >= 0.3 is 0 Å². The lowest BCUT2D eigenvalue weighted by Crippen LogP contribution is -2.47. The first-order valence-corrected chi connectivity index (χ1v) is 10.3. The molecule has 0 spiro atoms. The molecule has 0 aromatic carbocycles. The van der Waals surface area contributed by atoms with Crippen molar-refractivity contribution in [2.45, 2.75) is 92.0 Å². The zero-order valence-electron chi connectivity index (χ0n) is 17.0. The molecular weight excluding hydrogens is 302 g/mol. The molecule has 0 radical (unpaired) electrons. The molecule has 0 amide bonds. The average Bonchev–Trinajstić information content (AvgIpc) is 2.57. The molecule has 0 aliphatic heterocycles. The van der Waals surface area contributed by atoms with Gasteiger partial charge in [-0.15, -0.1) is 0 Å². The lowest BCUT2D eigenvalue weighted by atomic mass is 9.94. The van der Waals surface area contributed by atoms with Crippen LogP contribution in [0.5, 0.6) is 0 Å². The molecule has 0 aromatic rings. The first-order chi connectivity index (χ1) is 11.7. The molecule has 0 saturated heterocycles. The Kier molecular flexibility index (Phi) is 16.2. The van der Waals surface area contributed by atoms with Crippen LogP contribution in [-0.2, 0) is 14.2 Å². The smallest absolute Gasteiger partial charge is 0.285 e. The van der Waals surface area contributed by atoms with Gasteiger partial charge in [0.15, 0.2) is 0 Å². The van der Waals surface area contributed by atoms with Gasteiger partial charge in [-0.25, -0.2) is 0 Å². The van der Waals surface area contributed by atoms with E-state index in [9.17, 15) is 0 Å². The third-order valence-electron chi connectivity index (χ3n) is 4.36. The van der Waals surface area contributed by atoms with E-state index in [4.69, 9.17) is 14.2 Å². The fourth-order valence-corrected chi connectivity index (χ4v) is 3.20. The van der Waals surface area contributed by atoms with E-state index in [-0.39, 0.29) is 5.92 Å². The van der Waals surface area contributed by atoms with Crippen molar-refractivity contribution in [3.05, 3.63) is 0 Å². The quantitative estimate of drug-likeness (QED) is 0.276. The molecule has 4 heteroatoms. The van der Waals surface area contributed by atoms with Crippen molar-refractivity contribution in [1.82, 2.24) is 5.32 Å². The molecule has 24 heavy (non-hydrogen) atoms. The molecule has 1 N–H and O–H groups in total. The number of nitrogens with one attached hydrogen (secondary N) is 1. The van der Waals surface area contributed by atoms with Crippen LogP contribution < -0.4 is 5.32 Å². The van der Waals surface area contributed by atoms with Crippen LogP contribution in [0.15, 0.2) is 0 Å². The Bertz CT molecular complexity index is 244. The second-order valence-electron chi connectivity index (χ2n) is 6.30. The summed E-state index contributed by atoms with van der Waals surface area (Å²) in [6, 6.07) is 0. The zero-order chi connectivity index (χ0) is 18.1. The molecule has 0 fully saturated rings. The van der Waals surface area contributed by atoms with Crippen LogP contribution in [0.2, 0.25) is 0 Å². The van der Waals surface area contributed by atoms with Crippen LogP contribution >= 0.6 is 0 Å². The topological polar surface area (TPSA) is 39.7 Å². The van der Waals surface area contributed by atoms with Crippen molar-refractivity contribution in [3.63, 3.8) is 0 Å². The maximum absolute atomic E-state index is 6.03. The minimum atomic E-state index is -0.878. The first-order valence-electron chi connectivity index (χ1n) is 10.3. The van der Waals surface area contributed by atoms with Crippen LogP contribution in [0.3, 0.4) is 0 Å². The third-order valence-corrected chi connectivity index (χ3v) is 4.36. The number of ether oxygens (including phenoxy) is 3. The van der Waals surface area contributed by atoms with Gasteiger partial charge in [0.25, 0.3) is 5.97 Å². The lowest BCUT2D eigenvalue weighted by Gasteiger charge is -2.39. The highest BCUT2D eigenvalue weighted by atomic mass is 16.9. The van der Waals surface area contributed by atoms with Gasteiger partial charge in [-0.3, -0.25) is 0 Å². The van der Waals surface area contributed by atoms with Crippen LogP contribution in [0.25, 0.3) is 0 Å². The Hall–Kier alpha value is -0.160. The van der Waals surface area contributed by atoms with Gasteiger partial charge in [-0.2, -0.15) is 0 Å². The van der Waals surface area contributed by atoms with Gasteiger partial charge in [0.05, 0.1) is 0 Å². The maximum Gasteiger partial charge on any atom is 0.285 e. The molecular formula is C20H43NO3. The Morgan fingerprint density at radius 2 is 1.25 bits per heavy atom. The predicted molar refractivity (Wildman–Crippen MR) is 102 cm³/mol. The molecule has 146 valence electrons. The second-order valence-corrected chi connectivity index (χ2v) is 6.30. The SMILES string of the molecule is CCCCCCCCC(CCNCC)C(OCC)(OCC)OCC. The fourth-order valence-electron chi connectivity index (χ4n) is 3.20. The summed E-state index contributed by atoms with van der Waals surface area (Å²) in [5.41, 5.74) is 0. The van der Waals surface area contributed by atoms with Crippen molar-refractivity contribution < 1.29 is 14.2 Å². The molecule has 0 aliphatic carbocycles. The lowest BCUT2D eigenvalue weighted by molar-refractivity contribution is -0.403. The highest BCUT2D eigenvalue weighted by Gasteiger charge is 2.41. The summed E-state index contributed by atoms with van der Waals surface area (Å²) in [6.45, 7) is 14.2. The minimum absolute atomic E-state index is 0.266. The highest BCUT2D eigenvalue weighted by Crippen LogP contribution is 2.33. The molecule has 1 atom stereocenters. The normalized spacial score (nSPS) is 13.4. The van der Waals surface area contributed by atoms with E-state index < -0.39 is 5.97 Å². The van der Waals surface area contributed by atoms with Crippen molar-refractivity contribution in [1.29, 1.82) is 0 Å². The number of hydrogen-bond acceptors (Lipinski definition) is 4. The summed E-state index contributed by atoms with van der Waals surface area (Å²) >= 11 is 0. The molecule has 0 aromatic heterocycles. The summed E-state index contributed by atoms with van der Waals surface area (Å²) in [5, 5.41) is 3.43. The van der Waals surface area contributed by atoms with Crippen molar-refractivity contribution in [2.24, 2.45) is 5.92 Å².